The average Bonchev–Trinajstić information content (AvgIpc) is 2.53. The van der Waals surface area contributed by atoms with E-state index in [0.717, 1.165) is 16.7 Å². The second-order valence-electron chi connectivity index (χ2n) is 4.40. The number of hydrogen-bond acceptors (Lipinski definition) is 3. The molecule has 0 fully saturated rings. The first-order chi connectivity index (χ1) is 10.1. The maximum absolute atomic E-state index is 13.4. The van der Waals surface area contributed by atoms with Gasteiger partial charge in [-0.25, -0.2) is 9.45 Å². The molecule has 0 saturated heterocycles. The van der Waals surface area contributed by atoms with Gasteiger partial charge in [-0.05, 0) is 23.8 Å². The summed E-state index contributed by atoms with van der Waals surface area (Å²) in [6.07, 6.45) is 0. The summed E-state index contributed by atoms with van der Waals surface area (Å²) in [6.45, 7) is 0.295. The molecule has 0 heterocycles. The highest BCUT2D eigenvalue weighted by atomic mass is 19.1. The van der Waals surface area contributed by atoms with E-state index in [1.165, 1.54) is 26.3 Å². The van der Waals surface area contributed by atoms with Crippen LogP contribution in [0.4, 0.5) is 4.39 Å². The molecule has 1 amide bonds. The first-order valence-corrected chi connectivity index (χ1v) is 6.40. The van der Waals surface area contributed by atoms with Gasteiger partial charge in [0.1, 0.15) is 18.2 Å². The van der Waals surface area contributed by atoms with Gasteiger partial charge in [-0.2, -0.15) is 0 Å². The minimum absolute atomic E-state index is 0.121. The quantitative estimate of drug-likeness (QED) is 0.794. The predicted molar refractivity (Wildman–Crippen MR) is 76.3 cm³/mol. The summed E-state index contributed by atoms with van der Waals surface area (Å²) in [5.74, 6) is -0.663. The molecule has 0 atom stereocenters. The summed E-state index contributed by atoms with van der Waals surface area (Å²) in [7, 11) is 2.82. The summed E-state index contributed by atoms with van der Waals surface area (Å²) in [5, 5.41) is 1.02. The Hall–Kier alpha value is -2.40. The Balaban J connectivity index is 2.21. The monoisotopic (exact) mass is 289 g/mol. The van der Waals surface area contributed by atoms with Gasteiger partial charge in [0.2, 0.25) is 0 Å². The van der Waals surface area contributed by atoms with Crippen LogP contribution >= 0.6 is 0 Å². The lowest BCUT2D eigenvalue weighted by Gasteiger charge is -2.16. The Bertz CT molecular complexity index is 616. The zero-order valence-electron chi connectivity index (χ0n) is 11.9. The average molecular weight is 289 g/mol. The second-order valence-corrected chi connectivity index (χ2v) is 4.40. The van der Waals surface area contributed by atoms with Gasteiger partial charge in [0.15, 0.2) is 0 Å². The first-order valence-electron chi connectivity index (χ1n) is 6.40. The van der Waals surface area contributed by atoms with Crippen LogP contribution in [0.25, 0.3) is 0 Å². The smallest absolute Gasteiger partial charge is 0.281 e. The van der Waals surface area contributed by atoms with Gasteiger partial charge < -0.3 is 4.74 Å². The van der Waals surface area contributed by atoms with Crippen molar-refractivity contribution in [2.45, 2.75) is 6.61 Å². The van der Waals surface area contributed by atoms with E-state index in [-0.39, 0.29) is 5.56 Å². The lowest BCUT2D eigenvalue weighted by Crippen LogP contribution is -2.26. The molecule has 0 aliphatic rings. The summed E-state index contributed by atoms with van der Waals surface area (Å²) in [4.78, 5) is 16.9. The Morgan fingerprint density at radius 3 is 2.57 bits per heavy atom. The van der Waals surface area contributed by atoms with Crippen molar-refractivity contribution in [1.82, 2.24) is 5.06 Å². The third kappa shape index (κ3) is 3.79. The summed E-state index contributed by atoms with van der Waals surface area (Å²) >= 11 is 0. The minimum Gasteiger partial charge on any atom is -0.488 e. The number of hydroxylamine groups is 2. The minimum atomic E-state index is -0.505. The van der Waals surface area contributed by atoms with Gasteiger partial charge in [-0.3, -0.25) is 9.63 Å². The van der Waals surface area contributed by atoms with Gasteiger partial charge in [0.25, 0.3) is 5.91 Å². The summed E-state index contributed by atoms with van der Waals surface area (Å²) in [6, 6.07) is 13.3. The maximum Gasteiger partial charge on any atom is 0.281 e. The summed E-state index contributed by atoms with van der Waals surface area (Å²) in [5.41, 5.74) is 1.08. The van der Waals surface area contributed by atoms with E-state index in [9.17, 15) is 9.18 Å². The zero-order chi connectivity index (χ0) is 15.2. The first kappa shape index (κ1) is 15.0. The number of rotatable bonds is 5. The molecule has 0 aliphatic carbocycles. The highest BCUT2D eigenvalue weighted by Gasteiger charge is 2.18. The molecule has 110 valence electrons. The number of halogens is 1. The predicted octanol–water partition coefficient (Wildman–Crippen LogP) is 3.04. The Kier molecular flexibility index (Phi) is 4.90. The molecule has 0 spiro atoms. The Morgan fingerprint density at radius 2 is 1.90 bits per heavy atom. The van der Waals surface area contributed by atoms with Crippen LogP contribution in [0.5, 0.6) is 5.75 Å². The van der Waals surface area contributed by atoms with E-state index in [1.807, 2.05) is 30.3 Å². The molecule has 0 aliphatic heterocycles. The number of carbonyl (C=O) groups is 1. The molecule has 2 aromatic carbocycles. The van der Waals surface area contributed by atoms with Gasteiger partial charge in [0.05, 0.1) is 12.7 Å². The molecule has 0 aromatic heterocycles. The van der Waals surface area contributed by atoms with Crippen molar-refractivity contribution >= 4 is 5.91 Å². The van der Waals surface area contributed by atoms with E-state index < -0.39 is 11.7 Å². The van der Waals surface area contributed by atoms with Crippen molar-refractivity contribution in [3.63, 3.8) is 0 Å². The van der Waals surface area contributed by atoms with Crippen LogP contribution in [0, 0.1) is 5.82 Å². The standard InChI is InChI=1S/C16H16FNO3/c1-18(20-2)16(19)14-10-13(17)8-9-15(14)21-11-12-6-4-3-5-7-12/h3-10H,11H2,1-2H3. The molecule has 0 saturated carbocycles. The molecular formula is C16H16FNO3. The number of ether oxygens (including phenoxy) is 1. The fourth-order valence-corrected chi connectivity index (χ4v) is 1.78. The topological polar surface area (TPSA) is 38.8 Å². The molecule has 2 rings (SSSR count). The highest BCUT2D eigenvalue weighted by molar-refractivity contribution is 5.96. The number of hydrogen-bond donors (Lipinski definition) is 0. The fraction of sp³-hybridized carbons (Fsp3) is 0.188. The number of nitrogens with zero attached hydrogens (tertiary/aromatic N) is 1. The van der Waals surface area contributed by atoms with Crippen LogP contribution in [-0.4, -0.2) is 25.1 Å². The van der Waals surface area contributed by atoms with Crippen LogP contribution in [0.3, 0.4) is 0 Å². The Labute approximate surface area is 122 Å². The number of carbonyl (C=O) groups excluding carboxylic acids is 1. The second kappa shape index (κ2) is 6.85. The molecule has 21 heavy (non-hydrogen) atoms. The van der Waals surface area contributed by atoms with E-state index in [0.29, 0.717) is 12.4 Å². The molecule has 0 N–H and O–H groups in total. The van der Waals surface area contributed by atoms with E-state index in [1.54, 1.807) is 0 Å². The molecule has 0 radical (unpaired) electrons. The zero-order valence-corrected chi connectivity index (χ0v) is 11.9. The number of amides is 1. The third-order valence-electron chi connectivity index (χ3n) is 2.97. The normalized spacial score (nSPS) is 10.2. The maximum atomic E-state index is 13.4. The van der Waals surface area contributed by atoms with E-state index in [4.69, 9.17) is 9.57 Å². The van der Waals surface area contributed by atoms with Crippen LogP contribution in [0.15, 0.2) is 48.5 Å². The van der Waals surface area contributed by atoms with Crippen molar-refractivity contribution in [3.8, 4) is 5.75 Å². The van der Waals surface area contributed by atoms with Crippen LogP contribution in [0.2, 0.25) is 0 Å². The number of benzene rings is 2. The Morgan fingerprint density at radius 1 is 1.19 bits per heavy atom. The summed E-state index contributed by atoms with van der Waals surface area (Å²) < 4.78 is 19.0. The lowest BCUT2D eigenvalue weighted by molar-refractivity contribution is -0.0758. The molecule has 2 aromatic rings. The third-order valence-corrected chi connectivity index (χ3v) is 2.97. The van der Waals surface area contributed by atoms with Crippen LogP contribution < -0.4 is 4.74 Å². The van der Waals surface area contributed by atoms with Crippen molar-refractivity contribution in [2.24, 2.45) is 0 Å². The van der Waals surface area contributed by atoms with Gasteiger partial charge in [0, 0.05) is 7.05 Å². The molecular weight excluding hydrogens is 273 g/mol. The van der Waals surface area contributed by atoms with E-state index >= 15 is 0 Å². The highest BCUT2D eigenvalue weighted by Crippen LogP contribution is 2.22. The van der Waals surface area contributed by atoms with Crippen molar-refractivity contribution in [1.29, 1.82) is 0 Å². The van der Waals surface area contributed by atoms with E-state index in [2.05, 4.69) is 0 Å². The van der Waals surface area contributed by atoms with Crippen molar-refractivity contribution < 1.29 is 18.8 Å². The largest absolute Gasteiger partial charge is 0.488 e. The van der Waals surface area contributed by atoms with Gasteiger partial charge in [-0.1, -0.05) is 30.3 Å². The van der Waals surface area contributed by atoms with Crippen LogP contribution in [-0.2, 0) is 11.4 Å². The van der Waals surface area contributed by atoms with Gasteiger partial charge in [-0.15, -0.1) is 0 Å². The molecule has 0 unspecified atom stereocenters. The van der Waals surface area contributed by atoms with Crippen LogP contribution in [0.1, 0.15) is 15.9 Å². The van der Waals surface area contributed by atoms with Crippen molar-refractivity contribution in [2.75, 3.05) is 14.2 Å². The molecule has 0 bridgehead atoms. The molecule has 5 heteroatoms. The molecule has 4 nitrogen and oxygen atoms in total. The van der Waals surface area contributed by atoms with Gasteiger partial charge >= 0.3 is 0 Å². The lowest BCUT2D eigenvalue weighted by atomic mass is 10.1. The SMILES string of the molecule is CON(C)C(=O)c1cc(F)ccc1OCc1ccccc1. The van der Waals surface area contributed by atoms with Crippen molar-refractivity contribution in [3.05, 3.63) is 65.5 Å². The fourth-order valence-electron chi connectivity index (χ4n) is 1.78.